The summed E-state index contributed by atoms with van der Waals surface area (Å²) < 4.78 is 109. The Morgan fingerprint density at radius 3 is 1.47 bits per heavy atom. The van der Waals surface area contributed by atoms with Gasteiger partial charge in [-0.25, -0.2) is 0 Å². The summed E-state index contributed by atoms with van der Waals surface area (Å²) in [6.45, 7) is 0. The Kier molecular flexibility index (Phi) is 6.77. The summed E-state index contributed by atoms with van der Waals surface area (Å²) in [4.78, 5) is 9.62. The number of carbonyl (C=O) groups excluding carboxylic acids is 1. The van der Waals surface area contributed by atoms with Gasteiger partial charge in [0, 0.05) is 12.8 Å². The van der Waals surface area contributed by atoms with E-state index in [9.17, 15) is 49.4 Å². The molecule has 0 radical (unpaired) electrons. The van der Waals surface area contributed by atoms with E-state index in [1.165, 1.54) is 0 Å². The van der Waals surface area contributed by atoms with Crippen LogP contribution < -0.4 is 34.7 Å². The monoisotopic (exact) mass is 314 g/mol. The van der Waals surface area contributed by atoms with Crippen LogP contribution in [0.25, 0.3) is 0 Å². The first kappa shape index (κ1) is 21.1. The van der Waals surface area contributed by atoms with Crippen molar-refractivity contribution in [1.82, 2.24) is 0 Å². The predicted molar refractivity (Wildman–Crippen MR) is 35.1 cm³/mol. The van der Waals surface area contributed by atoms with E-state index in [0.29, 0.717) is 0 Å². The fourth-order valence-electron chi connectivity index (χ4n) is 0.814. The molecule has 0 aromatic heterocycles. The van der Waals surface area contributed by atoms with Gasteiger partial charge in [0.2, 0.25) is 0 Å². The summed E-state index contributed by atoms with van der Waals surface area (Å²) in [6, 6.07) is 0. The number of carboxylic acid groups (broad SMARTS) is 1. The molecule has 0 saturated carbocycles. The average molecular weight is 314 g/mol. The maximum atomic E-state index is 12.6. The molecule has 0 fully saturated rings. The van der Waals surface area contributed by atoms with Crippen LogP contribution in [0.1, 0.15) is 12.8 Å². The molecule has 0 atom stereocenters. The summed E-state index contributed by atoms with van der Waals surface area (Å²) in [6.07, 6.45) is -10.4. The summed E-state index contributed by atoms with van der Waals surface area (Å²) >= 11 is 0. The molecule has 0 heterocycles. The van der Waals surface area contributed by atoms with Crippen molar-refractivity contribution >= 4 is 5.97 Å². The van der Waals surface area contributed by atoms with E-state index in [2.05, 4.69) is 0 Å². The number of hydrogen-bond acceptors (Lipinski definition) is 2. The van der Waals surface area contributed by atoms with Crippen LogP contribution in [-0.2, 0) is 4.79 Å². The first-order valence-corrected chi connectivity index (χ1v) is 4.07. The van der Waals surface area contributed by atoms with Gasteiger partial charge in [-0.3, -0.25) is 0 Å². The van der Waals surface area contributed by atoms with Gasteiger partial charge in [-0.05, 0) is 0 Å². The Morgan fingerprint density at radius 1 is 0.842 bits per heavy atom. The van der Waals surface area contributed by atoms with Gasteiger partial charge < -0.3 is 9.90 Å². The minimum Gasteiger partial charge on any atom is -0.544 e. The van der Waals surface area contributed by atoms with Crippen LogP contribution in [0.15, 0.2) is 0 Å². The number of alkyl halides is 9. The molecular weight excluding hydrogens is 310 g/mol. The molecule has 0 aromatic rings. The van der Waals surface area contributed by atoms with Gasteiger partial charge in [0.15, 0.2) is 0 Å². The largest absolute Gasteiger partial charge is 1.00 e. The van der Waals surface area contributed by atoms with Crippen LogP contribution in [-0.4, -0.2) is 29.9 Å². The molecule has 0 aliphatic heterocycles. The number of aliphatic carboxylic acids is 1. The number of halogens is 9. The van der Waals surface area contributed by atoms with Crippen LogP contribution in [0.3, 0.4) is 0 Å². The van der Waals surface area contributed by atoms with Gasteiger partial charge in [-0.1, -0.05) is 0 Å². The minimum atomic E-state index is -6.50. The smallest absolute Gasteiger partial charge is 0.544 e. The molecule has 19 heavy (non-hydrogen) atoms. The molecule has 2 nitrogen and oxygen atoms in total. The molecule has 0 spiro atoms. The van der Waals surface area contributed by atoms with Gasteiger partial charge in [0.25, 0.3) is 0 Å². The zero-order valence-corrected chi connectivity index (χ0v) is 11.1. The second-order valence-electron chi connectivity index (χ2n) is 3.26. The summed E-state index contributed by atoms with van der Waals surface area (Å²) in [5, 5.41) is 9.62. The number of rotatable bonds is 5. The normalized spacial score (nSPS) is 13.9. The standard InChI is InChI=1S/C7H5F9O2.Na/c8-4(9,1-2-5(10,11)12)7(15,16)6(13,14)3(17)18;/h1-2H2,(H,17,18);/q;+1/p-1. The number of hydrogen-bond donors (Lipinski definition) is 0. The van der Waals surface area contributed by atoms with E-state index in [1.807, 2.05) is 0 Å². The second kappa shape index (κ2) is 6.08. The summed E-state index contributed by atoms with van der Waals surface area (Å²) in [5.74, 6) is -22.4. The molecule has 0 aromatic carbocycles. The molecule has 12 heteroatoms. The topological polar surface area (TPSA) is 40.1 Å². The van der Waals surface area contributed by atoms with Crippen molar-refractivity contribution in [2.75, 3.05) is 0 Å². The van der Waals surface area contributed by atoms with Crippen molar-refractivity contribution in [2.24, 2.45) is 0 Å². The Morgan fingerprint density at radius 2 is 1.21 bits per heavy atom. The van der Waals surface area contributed by atoms with Crippen molar-refractivity contribution in [1.29, 1.82) is 0 Å². The molecule has 0 saturated heterocycles. The van der Waals surface area contributed by atoms with Crippen molar-refractivity contribution < 1.29 is 79.0 Å². The van der Waals surface area contributed by atoms with E-state index in [4.69, 9.17) is 0 Å². The zero-order valence-electron chi connectivity index (χ0n) is 9.13. The van der Waals surface area contributed by atoms with E-state index >= 15 is 0 Å². The fourth-order valence-corrected chi connectivity index (χ4v) is 0.814. The van der Waals surface area contributed by atoms with Gasteiger partial charge in [0.1, 0.15) is 5.97 Å². The molecule has 0 rings (SSSR count). The quantitative estimate of drug-likeness (QED) is 0.482. The SMILES string of the molecule is O=C([O-])C(F)(F)C(F)(F)C(F)(F)CCC(F)(F)F.[Na+]. The van der Waals surface area contributed by atoms with Gasteiger partial charge in [-0.15, -0.1) is 0 Å². The maximum absolute atomic E-state index is 12.6. The van der Waals surface area contributed by atoms with E-state index in [-0.39, 0.29) is 29.6 Å². The third-order valence-electron chi connectivity index (χ3n) is 1.83. The molecule has 0 unspecified atom stereocenters. The Balaban J connectivity index is 0. The third-order valence-corrected chi connectivity index (χ3v) is 1.83. The average Bonchev–Trinajstić information content (AvgIpc) is 2.13. The molecule has 0 N–H and O–H groups in total. The van der Waals surface area contributed by atoms with Crippen molar-refractivity contribution in [3.05, 3.63) is 0 Å². The van der Waals surface area contributed by atoms with E-state index in [0.717, 1.165) is 0 Å². The third kappa shape index (κ3) is 4.71. The Labute approximate surface area is 122 Å². The zero-order chi connectivity index (χ0) is 15.0. The van der Waals surface area contributed by atoms with Gasteiger partial charge in [-0.2, -0.15) is 39.5 Å². The Bertz CT molecular complexity index is 325. The number of carbonyl (C=O) groups is 1. The molecule has 0 aliphatic rings. The Hall–Kier alpha value is -0.160. The maximum Gasteiger partial charge on any atom is 1.00 e. The second-order valence-corrected chi connectivity index (χ2v) is 3.26. The fraction of sp³-hybridized carbons (Fsp3) is 0.857. The minimum absolute atomic E-state index is 0. The van der Waals surface area contributed by atoms with Crippen LogP contribution in [0.4, 0.5) is 39.5 Å². The first-order chi connectivity index (χ1) is 7.65. The van der Waals surface area contributed by atoms with Gasteiger partial charge in [0.05, 0.1) is 0 Å². The van der Waals surface area contributed by atoms with Crippen LogP contribution in [0.2, 0.25) is 0 Å². The summed E-state index contributed by atoms with van der Waals surface area (Å²) in [5.41, 5.74) is 0. The van der Waals surface area contributed by atoms with Crippen LogP contribution >= 0.6 is 0 Å². The molecule has 0 aliphatic carbocycles. The molecule has 0 amide bonds. The first-order valence-electron chi connectivity index (χ1n) is 4.07. The van der Waals surface area contributed by atoms with Gasteiger partial charge >= 0.3 is 53.5 Å². The predicted octanol–water partition coefficient (Wildman–Crippen LogP) is -1.01. The van der Waals surface area contributed by atoms with Crippen LogP contribution in [0, 0.1) is 0 Å². The van der Waals surface area contributed by atoms with E-state index < -0.39 is 42.8 Å². The van der Waals surface area contributed by atoms with Crippen molar-refractivity contribution in [2.45, 2.75) is 36.8 Å². The van der Waals surface area contributed by atoms with Crippen molar-refractivity contribution in [3.8, 4) is 0 Å². The molecule has 108 valence electrons. The summed E-state index contributed by atoms with van der Waals surface area (Å²) in [7, 11) is 0. The number of carboxylic acids is 1. The molecular formula is C7H4F9NaO2. The van der Waals surface area contributed by atoms with Crippen LogP contribution in [0.5, 0.6) is 0 Å². The van der Waals surface area contributed by atoms with E-state index in [1.54, 1.807) is 0 Å². The molecule has 0 bridgehead atoms. The van der Waals surface area contributed by atoms with Crippen molar-refractivity contribution in [3.63, 3.8) is 0 Å².